The first-order valence-electron chi connectivity index (χ1n) is 8.55. The van der Waals surface area contributed by atoms with E-state index in [-0.39, 0.29) is 30.2 Å². The summed E-state index contributed by atoms with van der Waals surface area (Å²) < 4.78 is 5.33. The van der Waals surface area contributed by atoms with Gasteiger partial charge in [-0.3, -0.25) is 9.59 Å². The van der Waals surface area contributed by atoms with Gasteiger partial charge in [0.2, 0.25) is 11.8 Å². The summed E-state index contributed by atoms with van der Waals surface area (Å²) in [6.07, 6.45) is 2.13. The topological polar surface area (TPSA) is 70.7 Å². The van der Waals surface area contributed by atoms with Crippen LogP contribution in [-0.2, 0) is 9.59 Å². The number of carbonyl (C=O) groups is 2. The van der Waals surface area contributed by atoms with Crippen molar-refractivity contribution in [3.05, 3.63) is 24.3 Å². The quantitative estimate of drug-likeness (QED) is 0.873. The zero-order valence-corrected chi connectivity index (χ0v) is 14.2. The number of hydrogen-bond donors (Lipinski definition) is 2. The highest BCUT2D eigenvalue weighted by Gasteiger charge is 2.37. The van der Waals surface area contributed by atoms with Gasteiger partial charge >= 0.3 is 0 Å². The van der Waals surface area contributed by atoms with Gasteiger partial charge in [-0.25, -0.2) is 0 Å². The molecule has 2 heterocycles. The summed E-state index contributed by atoms with van der Waals surface area (Å²) in [5.74, 6) is 0.310. The van der Waals surface area contributed by atoms with Crippen molar-refractivity contribution in [3.63, 3.8) is 0 Å². The number of piperidine rings is 1. The molecule has 2 N–H and O–H groups in total. The monoisotopic (exact) mass is 331 g/mol. The molecular weight excluding hydrogens is 306 g/mol. The van der Waals surface area contributed by atoms with Crippen molar-refractivity contribution in [3.8, 4) is 5.75 Å². The summed E-state index contributed by atoms with van der Waals surface area (Å²) in [4.78, 5) is 26.6. The normalized spacial score (nSPS) is 27.2. The molecule has 6 nitrogen and oxygen atoms in total. The molecule has 0 saturated carbocycles. The molecule has 2 fully saturated rings. The Kier molecular flexibility index (Phi) is 5.04. The summed E-state index contributed by atoms with van der Waals surface area (Å²) in [6, 6.07) is 8.03. The van der Waals surface area contributed by atoms with Gasteiger partial charge in [-0.05, 0) is 38.4 Å². The largest absolute Gasteiger partial charge is 0.495 e. The molecule has 0 aromatic heterocycles. The number of nitrogens with zero attached hydrogens (tertiary/aromatic N) is 1. The highest BCUT2D eigenvalue weighted by Crippen LogP contribution is 2.32. The number of para-hydroxylation sites is 2. The Hall–Kier alpha value is -2.08. The summed E-state index contributed by atoms with van der Waals surface area (Å²) in [6.45, 7) is 3.45. The predicted molar refractivity (Wildman–Crippen MR) is 92.1 cm³/mol. The average molecular weight is 331 g/mol. The lowest BCUT2D eigenvalue weighted by molar-refractivity contribution is -0.127. The third-order valence-electron chi connectivity index (χ3n) is 4.84. The van der Waals surface area contributed by atoms with Gasteiger partial charge in [-0.2, -0.15) is 0 Å². The third kappa shape index (κ3) is 3.53. The maximum Gasteiger partial charge on any atom is 0.227 e. The molecule has 0 spiro atoms. The van der Waals surface area contributed by atoms with Gasteiger partial charge in [-0.15, -0.1) is 0 Å². The first-order chi connectivity index (χ1) is 11.6. The van der Waals surface area contributed by atoms with Gasteiger partial charge in [0.25, 0.3) is 0 Å². The lowest BCUT2D eigenvalue weighted by Gasteiger charge is -2.29. The van der Waals surface area contributed by atoms with Crippen molar-refractivity contribution in [1.29, 1.82) is 0 Å². The summed E-state index contributed by atoms with van der Waals surface area (Å²) in [5.41, 5.74) is 0.732. The molecule has 1 aromatic rings. The lowest BCUT2D eigenvalue weighted by Crippen LogP contribution is -2.48. The predicted octanol–water partition coefficient (Wildman–Crippen LogP) is 1.30. The molecule has 0 aliphatic carbocycles. The summed E-state index contributed by atoms with van der Waals surface area (Å²) in [7, 11) is 1.59. The highest BCUT2D eigenvalue weighted by molar-refractivity contribution is 6.01. The molecule has 3 unspecified atom stereocenters. The molecule has 0 radical (unpaired) electrons. The van der Waals surface area contributed by atoms with E-state index in [0.29, 0.717) is 18.3 Å². The number of ether oxygens (including phenoxy) is 1. The Morgan fingerprint density at radius 1 is 1.38 bits per heavy atom. The van der Waals surface area contributed by atoms with E-state index in [9.17, 15) is 9.59 Å². The fourth-order valence-electron chi connectivity index (χ4n) is 3.55. The average Bonchev–Trinajstić information content (AvgIpc) is 2.96. The summed E-state index contributed by atoms with van der Waals surface area (Å²) in [5, 5.41) is 6.50. The Labute approximate surface area is 142 Å². The van der Waals surface area contributed by atoms with Crippen LogP contribution in [0, 0.1) is 5.92 Å². The highest BCUT2D eigenvalue weighted by atomic mass is 16.5. The SMILES string of the molecule is COc1ccccc1N1CC(C(=O)NC2CCNC(C)C2)CC1=O. The second kappa shape index (κ2) is 7.21. The van der Waals surface area contributed by atoms with Gasteiger partial charge < -0.3 is 20.3 Å². The van der Waals surface area contributed by atoms with E-state index < -0.39 is 0 Å². The van der Waals surface area contributed by atoms with Crippen LogP contribution in [0.5, 0.6) is 5.75 Å². The van der Waals surface area contributed by atoms with Crippen molar-refractivity contribution in [2.24, 2.45) is 5.92 Å². The Bertz CT molecular complexity index is 619. The maximum absolute atomic E-state index is 12.6. The van der Waals surface area contributed by atoms with E-state index >= 15 is 0 Å². The van der Waals surface area contributed by atoms with Gasteiger partial charge in [-0.1, -0.05) is 12.1 Å². The van der Waals surface area contributed by atoms with Gasteiger partial charge in [0.1, 0.15) is 5.75 Å². The van der Waals surface area contributed by atoms with Crippen LogP contribution in [-0.4, -0.2) is 44.1 Å². The summed E-state index contributed by atoms with van der Waals surface area (Å²) >= 11 is 0. The number of carbonyl (C=O) groups excluding carboxylic acids is 2. The molecule has 2 aliphatic rings. The smallest absolute Gasteiger partial charge is 0.227 e. The molecule has 3 rings (SSSR count). The molecule has 1 aromatic carbocycles. The molecule has 2 aliphatic heterocycles. The van der Waals surface area contributed by atoms with E-state index in [1.807, 2.05) is 24.3 Å². The van der Waals surface area contributed by atoms with Crippen LogP contribution in [0.1, 0.15) is 26.2 Å². The number of nitrogens with one attached hydrogen (secondary N) is 2. The van der Waals surface area contributed by atoms with Crippen LogP contribution in [0.4, 0.5) is 5.69 Å². The second-order valence-corrected chi connectivity index (χ2v) is 6.66. The lowest BCUT2D eigenvalue weighted by atomic mass is 9.99. The standard InChI is InChI=1S/C18H25N3O3/c1-12-9-14(7-8-19-12)20-18(23)13-10-17(22)21(11-13)15-5-3-4-6-16(15)24-2/h3-6,12-14,19H,7-11H2,1-2H3,(H,20,23). The fraction of sp³-hybridized carbons (Fsp3) is 0.556. The zero-order valence-electron chi connectivity index (χ0n) is 14.2. The number of rotatable bonds is 4. The van der Waals surface area contributed by atoms with E-state index in [2.05, 4.69) is 17.6 Å². The van der Waals surface area contributed by atoms with Crippen LogP contribution in [0.25, 0.3) is 0 Å². The zero-order chi connectivity index (χ0) is 17.1. The second-order valence-electron chi connectivity index (χ2n) is 6.66. The fourth-order valence-corrected chi connectivity index (χ4v) is 3.55. The van der Waals surface area contributed by atoms with Crippen molar-refractivity contribution < 1.29 is 14.3 Å². The Balaban J connectivity index is 1.65. The van der Waals surface area contributed by atoms with E-state index in [1.54, 1.807) is 12.0 Å². The Morgan fingerprint density at radius 2 is 2.17 bits per heavy atom. The van der Waals surface area contributed by atoms with Crippen molar-refractivity contribution in [1.82, 2.24) is 10.6 Å². The van der Waals surface area contributed by atoms with E-state index in [0.717, 1.165) is 25.1 Å². The maximum atomic E-state index is 12.6. The number of anilines is 1. The minimum atomic E-state index is -0.299. The van der Waals surface area contributed by atoms with Crippen molar-refractivity contribution in [2.45, 2.75) is 38.3 Å². The van der Waals surface area contributed by atoms with Crippen LogP contribution in [0.3, 0.4) is 0 Å². The van der Waals surface area contributed by atoms with Crippen LogP contribution in [0.2, 0.25) is 0 Å². The molecule has 24 heavy (non-hydrogen) atoms. The molecule has 2 amide bonds. The number of amides is 2. The molecule has 2 saturated heterocycles. The van der Waals surface area contributed by atoms with E-state index in [4.69, 9.17) is 4.74 Å². The number of hydrogen-bond acceptors (Lipinski definition) is 4. The van der Waals surface area contributed by atoms with Gasteiger partial charge in [0.05, 0.1) is 18.7 Å². The van der Waals surface area contributed by atoms with Crippen molar-refractivity contribution >= 4 is 17.5 Å². The first-order valence-corrected chi connectivity index (χ1v) is 8.55. The molecule has 6 heteroatoms. The first kappa shape index (κ1) is 16.8. The molecule has 130 valence electrons. The van der Waals surface area contributed by atoms with Gasteiger partial charge in [0, 0.05) is 25.0 Å². The minimum Gasteiger partial charge on any atom is -0.495 e. The van der Waals surface area contributed by atoms with Gasteiger partial charge in [0.15, 0.2) is 0 Å². The number of benzene rings is 1. The van der Waals surface area contributed by atoms with E-state index in [1.165, 1.54) is 0 Å². The molecule has 0 bridgehead atoms. The van der Waals surface area contributed by atoms with Crippen LogP contribution < -0.4 is 20.3 Å². The van der Waals surface area contributed by atoms with Crippen LogP contribution >= 0.6 is 0 Å². The molecule has 3 atom stereocenters. The number of methoxy groups -OCH3 is 1. The van der Waals surface area contributed by atoms with Crippen LogP contribution in [0.15, 0.2) is 24.3 Å². The Morgan fingerprint density at radius 3 is 2.92 bits per heavy atom. The minimum absolute atomic E-state index is 0.0140. The van der Waals surface area contributed by atoms with Crippen molar-refractivity contribution in [2.75, 3.05) is 25.1 Å². The molecular formula is C18H25N3O3. The third-order valence-corrected chi connectivity index (χ3v) is 4.84.